The number of nitrogens with one attached hydrogen (secondary N) is 1. The topological polar surface area (TPSA) is 68.0 Å². The summed E-state index contributed by atoms with van der Waals surface area (Å²) in [5.74, 6) is -0.378. The Bertz CT molecular complexity index is 646. The first-order chi connectivity index (χ1) is 10.3. The molecule has 2 atom stereocenters. The van der Waals surface area contributed by atoms with E-state index in [2.05, 4.69) is 10.3 Å². The first-order valence-corrected chi connectivity index (χ1v) is 8.18. The SMILES string of the molecule is Cc1cnc(C(C)(C)NC(=O)C(C)C(N)c2ccccc2)s1.Cl.Cl. The van der Waals surface area contributed by atoms with Crippen LogP contribution in [0.3, 0.4) is 0 Å². The second-order valence-corrected chi connectivity index (χ2v) is 7.35. The van der Waals surface area contributed by atoms with Gasteiger partial charge < -0.3 is 11.1 Å². The molecule has 134 valence electrons. The highest BCUT2D eigenvalue weighted by Crippen LogP contribution is 2.26. The Morgan fingerprint density at radius 1 is 1.25 bits per heavy atom. The fraction of sp³-hybridized carbons (Fsp3) is 0.412. The minimum absolute atomic E-state index is 0. The molecule has 24 heavy (non-hydrogen) atoms. The highest BCUT2D eigenvalue weighted by Gasteiger charge is 2.30. The van der Waals surface area contributed by atoms with Crippen molar-refractivity contribution in [2.75, 3.05) is 0 Å². The molecular weight excluding hydrogens is 365 g/mol. The first kappa shape index (κ1) is 22.9. The lowest BCUT2D eigenvalue weighted by molar-refractivity contribution is -0.126. The Morgan fingerprint density at radius 2 is 1.83 bits per heavy atom. The van der Waals surface area contributed by atoms with Gasteiger partial charge in [-0.25, -0.2) is 4.98 Å². The van der Waals surface area contributed by atoms with Crippen LogP contribution in [0.2, 0.25) is 0 Å². The van der Waals surface area contributed by atoms with Crippen molar-refractivity contribution in [2.45, 2.75) is 39.3 Å². The van der Waals surface area contributed by atoms with E-state index in [0.29, 0.717) is 0 Å². The van der Waals surface area contributed by atoms with Gasteiger partial charge in [-0.05, 0) is 26.3 Å². The third-order valence-electron chi connectivity index (χ3n) is 3.73. The summed E-state index contributed by atoms with van der Waals surface area (Å²) in [5.41, 5.74) is 6.69. The Kier molecular flexibility index (Phi) is 8.93. The minimum atomic E-state index is -0.499. The number of nitrogens with two attached hydrogens (primary N) is 1. The van der Waals surface area contributed by atoms with Gasteiger partial charge >= 0.3 is 0 Å². The highest BCUT2D eigenvalue weighted by atomic mass is 35.5. The minimum Gasteiger partial charge on any atom is -0.344 e. The molecule has 1 heterocycles. The summed E-state index contributed by atoms with van der Waals surface area (Å²) in [4.78, 5) is 18.0. The van der Waals surface area contributed by atoms with Crippen LogP contribution in [0.15, 0.2) is 36.5 Å². The lowest BCUT2D eigenvalue weighted by Gasteiger charge is -2.28. The number of carbonyl (C=O) groups excluding carboxylic acids is 1. The van der Waals surface area contributed by atoms with E-state index in [9.17, 15) is 4.79 Å². The summed E-state index contributed by atoms with van der Waals surface area (Å²) in [6.45, 7) is 7.79. The molecule has 4 nitrogen and oxygen atoms in total. The van der Waals surface area contributed by atoms with Gasteiger partial charge in [-0.15, -0.1) is 36.2 Å². The van der Waals surface area contributed by atoms with Crippen LogP contribution in [0.4, 0.5) is 0 Å². The van der Waals surface area contributed by atoms with Crippen LogP contribution < -0.4 is 11.1 Å². The number of thiazole rings is 1. The van der Waals surface area contributed by atoms with Gasteiger partial charge in [-0.2, -0.15) is 0 Å². The Balaban J connectivity index is 0.00000264. The van der Waals surface area contributed by atoms with Gasteiger partial charge in [-0.3, -0.25) is 4.79 Å². The molecule has 0 bridgehead atoms. The molecule has 0 aliphatic carbocycles. The maximum Gasteiger partial charge on any atom is 0.225 e. The van der Waals surface area contributed by atoms with Gasteiger partial charge in [0.2, 0.25) is 5.91 Å². The lowest BCUT2D eigenvalue weighted by Crippen LogP contribution is -2.45. The number of nitrogens with zero attached hydrogens (tertiary/aromatic N) is 1. The summed E-state index contributed by atoms with van der Waals surface area (Å²) >= 11 is 1.60. The van der Waals surface area contributed by atoms with Crippen LogP contribution in [0.5, 0.6) is 0 Å². The molecule has 0 saturated carbocycles. The van der Waals surface area contributed by atoms with Gasteiger partial charge in [0, 0.05) is 17.1 Å². The first-order valence-electron chi connectivity index (χ1n) is 7.36. The number of amides is 1. The molecular formula is C17H25Cl2N3OS. The van der Waals surface area contributed by atoms with Gasteiger partial charge in [0.15, 0.2) is 0 Å². The number of benzene rings is 1. The van der Waals surface area contributed by atoms with E-state index < -0.39 is 5.54 Å². The van der Waals surface area contributed by atoms with Crippen LogP contribution in [0.1, 0.15) is 42.3 Å². The van der Waals surface area contributed by atoms with Crippen molar-refractivity contribution in [3.8, 4) is 0 Å². The van der Waals surface area contributed by atoms with Crippen LogP contribution >= 0.6 is 36.2 Å². The smallest absolute Gasteiger partial charge is 0.225 e. The molecule has 1 aromatic carbocycles. The maximum atomic E-state index is 12.5. The third kappa shape index (κ3) is 5.45. The van der Waals surface area contributed by atoms with Crippen molar-refractivity contribution >= 4 is 42.1 Å². The molecule has 0 spiro atoms. The predicted molar refractivity (Wildman–Crippen MR) is 105 cm³/mol. The number of aromatic nitrogens is 1. The van der Waals surface area contributed by atoms with Crippen LogP contribution in [0.25, 0.3) is 0 Å². The molecule has 0 aliphatic heterocycles. The number of hydrogen-bond acceptors (Lipinski definition) is 4. The number of hydrogen-bond donors (Lipinski definition) is 2. The van der Waals surface area contributed by atoms with Crippen LogP contribution in [-0.4, -0.2) is 10.9 Å². The van der Waals surface area contributed by atoms with Crippen molar-refractivity contribution in [2.24, 2.45) is 11.7 Å². The average Bonchev–Trinajstić information content (AvgIpc) is 2.93. The lowest BCUT2D eigenvalue weighted by atomic mass is 9.93. The third-order valence-corrected chi connectivity index (χ3v) is 4.96. The van der Waals surface area contributed by atoms with E-state index >= 15 is 0 Å². The molecule has 0 saturated heterocycles. The Morgan fingerprint density at radius 3 is 2.33 bits per heavy atom. The zero-order valence-electron chi connectivity index (χ0n) is 14.3. The average molecular weight is 390 g/mol. The molecule has 2 rings (SSSR count). The predicted octanol–water partition coefficient (Wildman–Crippen LogP) is 3.98. The number of halogens is 2. The number of carbonyl (C=O) groups is 1. The standard InChI is InChI=1S/C17H23N3OS.2ClH/c1-11-10-19-16(22-11)17(3,4)20-15(21)12(2)14(18)13-8-6-5-7-9-13;;/h5-10,12,14H,18H2,1-4H3,(H,20,21);2*1H. The van der Waals surface area contributed by atoms with E-state index in [-0.39, 0.29) is 42.7 Å². The summed E-state index contributed by atoms with van der Waals surface area (Å²) < 4.78 is 0. The fourth-order valence-corrected chi connectivity index (χ4v) is 3.07. The molecule has 0 fully saturated rings. The van der Waals surface area contributed by atoms with Crippen molar-refractivity contribution in [3.63, 3.8) is 0 Å². The van der Waals surface area contributed by atoms with E-state index in [0.717, 1.165) is 15.4 Å². The monoisotopic (exact) mass is 389 g/mol. The van der Waals surface area contributed by atoms with Gasteiger partial charge in [-0.1, -0.05) is 37.3 Å². The van der Waals surface area contributed by atoms with Gasteiger partial charge in [0.1, 0.15) is 5.01 Å². The quantitative estimate of drug-likeness (QED) is 0.812. The van der Waals surface area contributed by atoms with E-state index in [4.69, 9.17) is 5.73 Å². The van der Waals surface area contributed by atoms with Crippen molar-refractivity contribution in [3.05, 3.63) is 52.0 Å². The molecule has 7 heteroatoms. The number of aryl methyl sites for hydroxylation is 1. The number of rotatable bonds is 5. The van der Waals surface area contributed by atoms with Crippen LogP contribution in [-0.2, 0) is 10.3 Å². The van der Waals surface area contributed by atoms with E-state index in [1.807, 2.05) is 64.2 Å². The molecule has 0 radical (unpaired) electrons. The summed E-state index contributed by atoms with van der Waals surface area (Å²) in [7, 11) is 0. The van der Waals surface area contributed by atoms with Crippen molar-refractivity contribution in [1.29, 1.82) is 0 Å². The highest BCUT2D eigenvalue weighted by molar-refractivity contribution is 7.11. The Hall–Kier alpha value is -1.14. The van der Waals surface area contributed by atoms with Crippen molar-refractivity contribution in [1.82, 2.24) is 10.3 Å². The zero-order valence-corrected chi connectivity index (χ0v) is 16.7. The van der Waals surface area contributed by atoms with Gasteiger partial charge in [0.25, 0.3) is 0 Å². The molecule has 2 aromatic rings. The second kappa shape index (κ2) is 9.37. The molecule has 0 aliphatic rings. The maximum absolute atomic E-state index is 12.5. The summed E-state index contributed by atoms with van der Waals surface area (Å²) in [6.07, 6.45) is 1.83. The van der Waals surface area contributed by atoms with Gasteiger partial charge in [0.05, 0.1) is 11.5 Å². The zero-order chi connectivity index (χ0) is 16.3. The summed E-state index contributed by atoms with van der Waals surface area (Å²) in [6, 6.07) is 9.38. The van der Waals surface area contributed by atoms with Crippen molar-refractivity contribution < 1.29 is 4.79 Å². The van der Waals surface area contributed by atoms with E-state index in [1.54, 1.807) is 11.3 Å². The second-order valence-electron chi connectivity index (χ2n) is 6.12. The fourth-order valence-electron chi connectivity index (χ4n) is 2.25. The molecule has 1 aromatic heterocycles. The summed E-state index contributed by atoms with van der Waals surface area (Å²) in [5, 5.41) is 3.97. The van der Waals surface area contributed by atoms with Crippen LogP contribution in [0, 0.1) is 12.8 Å². The molecule has 1 amide bonds. The Labute approximate surface area is 160 Å². The molecule has 2 unspecified atom stereocenters. The molecule has 3 N–H and O–H groups in total. The largest absolute Gasteiger partial charge is 0.344 e. The van der Waals surface area contributed by atoms with E-state index in [1.165, 1.54) is 0 Å². The normalized spacial score (nSPS) is 13.2.